The summed E-state index contributed by atoms with van der Waals surface area (Å²) in [5.74, 6) is 0.484. The molecule has 1 fully saturated rings. The van der Waals surface area contributed by atoms with Gasteiger partial charge in [0.25, 0.3) is 0 Å². The van der Waals surface area contributed by atoms with Crippen LogP contribution in [-0.4, -0.2) is 47.9 Å². The number of aromatic nitrogens is 1. The number of nitrogens with zero attached hydrogens (tertiary/aromatic N) is 3. The largest absolute Gasteiger partial charge is 0.378 e. The normalized spacial score (nSPS) is 15.2. The SMILES string of the molecule is CC(C)(c1cccc(C(=O)c2ccccc2)c1)c1csc(N=C(N)N2CCOCC2)n1. The highest BCUT2D eigenvalue weighted by atomic mass is 32.1. The lowest BCUT2D eigenvalue weighted by atomic mass is 9.81. The summed E-state index contributed by atoms with van der Waals surface area (Å²) in [7, 11) is 0. The average molecular weight is 435 g/mol. The Balaban J connectivity index is 1.57. The molecule has 4 rings (SSSR count). The zero-order chi connectivity index (χ0) is 21.8. The van der Waals surface area contributed by atoms with Crippen molar-refractivity contribution in [1.29, 1.82) is 0 Å². The zero-order valence-corrected chi connectivity index (χ0v) is 18.6. The standard InChI is InChI=1S/C24H26N4O2S/c1-24(2,19-10-6-9-18(15-19)21(29)17-7-4-3-5-8-17)20-16-31-23(26-20)27-22(25)28-11-13-30-14-12-28/h3-10,15-16H,11-14H2,1-2H3,(H2,25,26,27). The van der Waals surface area contributed by atoms with Crippen molar-refractivity contribution in [3.8, 4) is 0 Å². The fourth-order valence-electron chi connectivity index (χ4n) is 3.52. The minimum Gasteiger partial charge on any atom is -0.378 e. The van der Waals surface area contributed by atoms with Crippen molar-refractivity contribution in [2.75, 3.05) is 26.3 Å². The van der Waals surface area contributed by atoms with Crippen molar-refractivity contribution >= 4 is 28.2 Å². The third-order valence-corrected chi connectivity index (χ3v) is 6.29. The van der Waals surface area contributed by atoms with E-state index >= 15 is 0 Å². The highest BCUT2D eigenvalue weighted by molar-refractivity contribution is 7.13. The Hall–Kier alpha value is -3.03. The van der Waals surface area contributed by atoms with E-state index in [9.17, 15) is 4.79 Å². The van der Waals surface area contributed by atoms with Crippen LogP contribution in [0, 0.1) is 0 Å². The quantitative estimate of drug-likeness (QED) is 0.373. The van der Waals surface area contributed by atoms with E-state index in [-0.39, 0.29) is 11.2 Å². The second-order valence-electron chi connectivity index (χ2n) is 7.99. The molecule has 31 heavy (non-hydrogen) atoms. The Labute approximate surface area is 186 Å². The molecule has 1 aliphatic rings. The first-order valence-electron chi connectivity index (χ1n) is 10.3. The Morgan fingerprint density at radius 2 is 1.81 bits per heavy atom. The van der Waals surface area contributed by atoms with Gasteiger partial charge in [-0.2, -0.15) is 4.99 Å². The van der Waals surface area contributed by atoms with E-state index in [1.807, 2.05) is 64.9 Å². The van der Waals surface area contributed by atoms with Crippen molar-refractivity contribution < 1.29 is 9.53 Å². The number of hydrogen-bond donors (Lipinski definition) is 1. The van der Waals surface area contributed by atoms with Crippen molar-refractivity contribution in [3.05, 3.63) is 82.4 Å². The molecule has 3 aromatic rings. The van der Waals surface area contributed by atoms with Crippen LogP contribution in [-0.2, 0) is 10.2 Å². The van der Waals surface area contributed by atoms with Gasteiger partial charge < -0.3 is 15.4 Å². The average Bonchev–Trinajstić information content (AvgIpc) is 3.29. The molecule has 1 saturated heterocycles. The topological polar surface area (TPSA) is 80.8 Å². The lowest BCUT2D eigenvalue weighted by molar-refractivity contribution is 0.0675. The summed E-state index contributed by atoms with van der Waals surface area (Å²) in [5.41, 5.74) is 9.06. The molecular formula is C24H26N4O2S. The molecule has 6 nitrogen and oxygen atoms in total. The van der Waals surface area contributed by atoms with E-state index in [4.69, 9.17) is 15.5 Å². The molecule has 7 heteroatoms. The Kier molecular flexibility index (Phi) is 6.15. The number of nitrogens with two attached hydrogens (primary N) is 1. The van der Waals surface area contributed by atoms with Crippen LogP contribution in [0.15, 0.2) is 65.0 Å². The maximum Gasteiger partial charge on any atom is 0.212 e. The highest BCUT2D eigenvalue weighted by Crippen LogP contribution is 2.35. The van der Waals surface area contributed by atoms with Gasteiger partial charge in [-0.25, -0.2) is 4.98 Å². The first-order valence-corrected chi connectivity index (χ1v) is 11.2. The van der Waals surface area contributed by atoms with E-state index in [0.29, 0.717) is 35.4 Å². The van der Waals surface area contributed by atoms with Gasteiger partial charge in [0.1, 0.15) is 0 Å². The summed E-state index contributed by atoms with van der Waals surface area (Å²) in [6.45, 7) is 7.00. The number of thiazole rings is 1. The molecule has 0 aliphatic carbocycles. The first kappa shape index (κ1) is 21.2. The molecule has 0 bridgehead atoms. The van der Waals surface area contributed by atoms with Crippen LogP contribution in [0.2, 0.25) is 0 Å². The monoisotopic (exact) mass is 434 g/mol. The smallest absolute Gasteiger partial charge is 0.212 e. The van der Waals surface area contributed by atoms with E-state index in [0.717, 1.165) is 24.3 Å². The predicted molar refractivity (Wildman–Crippen MR) is 124 cm³/mol. The van der Waals surface area contributed by atoms with Crippen LogP contribution in [0.3, 0.4) is 0 Å². The van der Waals surface area contributed by atoms with E-state index in [1.165, 1.54) is 11.3 Å². The van der Waals surface area contributed by atoms with Crippen molar-refractivity contribution in [3.63, 3.8) is 0 Å². The van der Waals surface area contributed by atoms with Crippen molar-refractivity contribution in [1.82, 2.24) is 9.88 Å². The lowest BCUT2D eigenvalue weighted by Crippen LogP contribution is -2.44. The molecule has 1 aromatic heterocycles. The molecular weight excluding hydrogens is 408 g/mol. The fourth-order valence-corrected chi connectivity index (χ4v) is 4.38. The molecule has 2 aromatic carbocycles. The molecule has 2 heterocycles. The van der Waals surface area contributed by atoms with Crippen molar-refractivity contribution in [2.45, 2.75) is 19.3 Å². The zero-order valence-electron chi connectivity index (χ0n) is 17.7. The second kappa shape index (κ2) is 8.99. The third-order valence-electron chi connectivity index (χ3n) is 5.56. The van der Waals surface area contributed by atoms with Gasteiger partial charge in [0.2, 0.25) is 5.13 Å². The molecule has 0 radical (unpaired) electrons. The lowest BCUT2D eigenvalue weighted by Gasteiger charge is -2.27. The van der Waals surface area contributed by atoms with Crippen LogP contribution in [0.4, 0.5) is 5.13 Å². The van der Waals surface area contributed by atoms with E-state index in [1.54, 1.807) is 0 Å². The summed E-state index contributed by atoms with van der Waals surface area (Å²) in [5, 5.41) is 2.64. The van der Waals surface area contributed by atoms with Gasteiger partial charge >= 0.3 is 0 Å². The van der Waals surface area contributed by atoms with Crippen LogP contribution in [0.25, 0.3) is 0 Å². The minimum absolute atomic E-state index is 0.0140. The summed E-state index contributed by atoms with van der Waals surface area (Å²) >= 11 is 1.47. The van der Waals surface area contributed by atoms with Gasteiger partial charge in [0.15, 0.2) is 11.7 Å². The van der Waals surface area contributed by atoms with E-state index in [2.05, 4.69) is 18.8 Å². The maximum absolute atomic E-state index is 12.9. The predicted octanol–water partition coefficient (Wildman–Crippen LogP) is 3.98. The van der Waals surface area contributed by atoms with Crippen LogP contribution < -0.4 is 5.73 Å². The number of carbonyl (C=O) groups excluding carboxylic acids is 1. The summed E-state index contributed by atoms with van der Waals surface area (Å²) in [4.78, 5) is 24.1. The van der Waals surface area contributed by atoms with Crippen LogP contribution in [0.5, 0.6) is 0 Å². The Morgan fingerprint density at radius 1 is 1.10 bits per heavy atom. The second-order valence-corrected chi connectivity index (χ2v) is 8.82. The van der Waals surface area contributed by atoms with Gasteiger partial charge in [0.05, 0.1) is 18.9 Å². The van der Waals surface area contributed by atoms with E-state index < -0.39 is 0 Å². The molecule has 0 spiro atoms. The molecule has 0 unspecified atom stereocenters. The number of hydrogen-bond acceptors (Lipinski definition) is 5. The number of carbonyl (C=O) groups is 1. The number of ketones is 1. The molecule has 160 valence electrons. The fraction of sp³-hybridized carbons (Fsp3) is 0.292. The Bertz CT molecular complexity index is 1090. The van der Waals surface area contributed by atoms with Gasteiger partial charge in [-0.3, -0.25) is 4.79 Å². The molecule has 2 N–H and O–H groups in total. The molecule has 1 aliphatic heterocycles. The van der Waals surface area contributed by atoms with Gasteiger partial charge in [-0.1, -0.05) is 62.4 Å². The molecule has 0 amide bonds. The Morgan fingerprint density at radius 3 is 2.55 bits per heavy atom. The van der Waals surface area contributed by atoms with Crippen LogP contribution >= 0.6 is 11.3 Å². The highest BCUT2D eigenvalue weighted by Gasteiger charge is 2.27. The summed E-state index contributed by atoms with van der Waals surface area (Å²) < 4.78 is 5.36. The molecule has 0 saturated carbocycles. The van der Waals surface area contributed by atoms with Gasteiger partial charge in [-0.05, 0) is 11.6 Å². The number of rotatable bonds is 5. The first-order chi connectivity index (χ1) is 14.9. The number of benzene rings is 2. The van der Waals surface area contributed by atoms with Gasteiger partial charge in [0, 0.05) is 35.0 Å². The van der Waals surface area contributed by atoms with Crippen molar-refractivity contribution in [2.24, 2.45) is 10.7 Å². The minimum atomic E-state index is -0.384. The van der Waals surface area contributed by atoms with Gasteiger partial charge in [-0.15, -0.1) is 11.3 Å². The number of aliphatic imine (C=N–C) groups is 1. The van der Waals surface area contributed by atoms with Crippen LogP contribution in [0.1, 0.15) is 41.0 Å². The number of morpholine rings is 1. The number of guanidine groups is 1. The molecule has 0 atom stereocenters. The maximum atomic E-state index is 12.9. The third kappa shape index (κ3) is 4.68. The number of ether oxygens (including phenoxy) is 1. The summed E-state index contributed by atoms with van der Waals surface area (Å²) in [6, 6.07) is 17.1. The summed E-state index contributed by atoms with van der Waals surface area (Å²) in [6.07, 6.45) is 0.